The van der Waals surface area contributed by atoms with Crippen LogP contribution in [0.3, 0.4) is 0 Å². The van der Waals surface area contributed by atoms with Crippen LogP contribution in [0.1, 0.15) is 0 Å². The van der Waals surface area contributed by atoms with E-state index >= 15 is 0 Å². The molecule has 0 radical (unpaired) electrons. The fourth-order valence-electron chi connectivity index (χ4n) is 0. The van der Waals surface area contributed by atoms with Crippen molar-refractivity contribution in [3.8, 4) is 0 Å². The Morgan fingerprint density at radius 1 is 0.722 bits per heavy atom. The monoisotopic (exact) mass is 346 g/mol. The summed E-state index contributed by atoms with van der Waals surface area (Å²) < 4.78 is 24.0. The molecule has 18 heavy (non-hydrogen) atoms. The van der Waals surface area contributed by atoms with Crippen molar-refractivity contribution in [2.75, 3.05) is 39.3 Å². The van der Waals surface area contributed by atoms with Crippen molar-refractivity contribution in [2.45, 2.75) is 0 Å². The Bertz CT molecular complexity index is 172. The van der Waals surface area contributed by atoms with E-state index < -0.39 is 9.05 Å². The average Bonchev–Trinajstić information content (AvgIpc) is 2.27. The molecule has 0 saturated carbocycles. The summed E-state index contributed by atoms with van der Waals surface area (Å²) in [6.07, 6.45) is 0. The molecule has 0 aliphatic heterocycles. The van der Waals surface area contributed by atoms with E-state index in [2.05, 4.69) is 11.2 Å². The van der Waals surface area contributed by atoms with Gasteiger partial charge in [0.2, 0.25) is 0 Å². The van der Waals surface area contributed by atoms with Gasteiger partial charge < -0.3 is 34.4 Å². The molecule has 8 N–H and O–H groups in total. The van der Waals surface area contributed by atoms with Gasteiger partial charge in [-0.3, -0.25) is 9.11 Å². The molecule has 118 valence electrons. The molecule has 0 atom stereocenters. The first-order valence-corrected chi connectivity index (χ1v) is 6.72. The first kappa shape index (κ1) is 31.1. The number of nitrogens with one attached hydrogen (secondary N) is 6. The molecular formula is C6H20N6NiO3S2-4. The zero-order valence-corrected chi connectivity index (χ0v) is 12.3. The van der Waals surface area contributed by atoms with Gasteiger partial charge in [-0.25, -0.2) is 0 Å². The summed E-state index contributed by atoms with van der Waals surface area (Å²) in [5.41, 5.74) is 37.6. The van der Waals surface area contributed by atoms with E-state index in [-0.39, 0.29) is 55.8 Å². The average molecular weight is 347 g/mol. The van der Waals surface area contributed by atoms with Gasteiger partial charge in [0.15, 0.2) is 0 Å². The molecule has 0 rings (SSSR count). The zero-order chi connectivity index (χ0) is 14.7. The largest absolute Gasteiger partial charge is 2.00 e. The maximum atomic E-state index is 9.11. The molecule has 0 aromatic heterocycles. The van der Waals surface area contributed by atoms with Crippen LogP contribution in [-0.4, -0.2) is 52.6 Å². The third kappa shape index (κ3) is 318. The molecule has 0 aliphatic carbocycles. The Hall–Kier alpha value is 0.544. The normalized spacial score (nSPS) is 8.22. The van der Waals surface area contributed by atoms with Gasteiger partial charge in [-0.1, -0.05) is 0 Å². The van der Waals surface area contributed by atoms with Crippen molar-refractivity contribution in [3.05, 3.63) is 34.4 Å². The second kappa shape index (κ2) is 30.5. The van der Waals surface area contributed by atoms with Crippen LogP contribution < -0.4 is 0 Å². The molecule has 9 nitrogen and oxygen atoms in total. The first-order chi connectivity index (χ1) is 7.74. The quantitative estimate of drug-likeness (QED) is 0.739. The molecule has 0 spiro atoms. The molecule has 0 aromatic carbocycles. The van der Waals surface area contributed by atoms with E-state index in [1.165, 1.54) is 0 Å². The first-order valence-electron chi connectivity index (χ1n) is 4.32. The van der Waals surface area contributed by atoms with Crippen molar-refractivity contribution in [1.82, 2.24) is 0 Å². The Labute approximate surface area is 124 Å². The van der Waals surface area contributed by atoms with Gasteiger partial charge >= 0.3 is 16.5 Å². The van der Waals surface area contributed by atoms with E-state index in [0.717, 1.165) is 0 Å². The summed E-state index contributed by atoms with van der Waals surface area (Å²) in [6, 6.07) is 0. The molecule has 0 unspecified atom stereocenters. The number of hydrogen-bond acceptors (Lipinski definition) is 2. The standard InChI is InChI=1S/3C2H6N2.Ni.H2O3S2/c3*3-1-2-4;;1-5(2,3)4/h3*3-4H,1-2H2;;(H2,1,2,3,4)/q3*-2;+2;. The van der Waals surface area contributed by atoms with Gasteiger partial charge in [-0.2, -0.15) is 43.5 Å². The summed E-state index contributed by atoms with van der Waals surface area (Å²) in [5, 5.41) is 0. The van der Waals surface area contributed by atoms with Crippen LogP contribution >= 0.6 is 0 Å². The van der Waals surface area contributed by atoms with Crippen LogP contribution in [0.15, 0.2) is 0 Å². The van der Waals surface area contributed by atoms with Gasteiger partial charge in [-0.05, 0) is 0 Å². The summed E-state index contributed by atoms with van der Waals surface area (Å²) in [5.74, 6) is 0. The number of hydrogen-bond donors (Lipinski definition) is 2. The summed E-state index contributed by atoms with van der Waals surface area (Å²) >= 11 is 3.47. The van der Waals surface area contributed by atoms with E-state index in [1.807, 2.05) is 0 Å². The maximum absolute atomic E-state index is 9.11. The third-order valence-corrected chi connectivity index (χ3v) is 0.375. The topological polar surface area (TPSA) is 200 Å². The fraction of sp³-hybridized carbons (Fsp3) is 1.00. The minimum atomic E-state index is -3.83. The second-order valence-electron chi connectivity index (χ2n) is 1.95. The Kier molecular flexibility index (Phi) is 52.8. The third-order valence-electron chi connectivity index (χ3n) is 0.375. The SMILES string of the molecule is O=S(O)(O)=S.[NH-]CC[NH-].[NH-]CC[NH-].[NH-]CC[NH-].[Ni+2]. The summed E-state index contributed by atoms with van der Waals surface area (Å²) in [6.45, 7) is 1.42. The predicted octanol–water partition coefficient (Wildman–Crippen LogP) is 2.95. The van der Waals surface area contributed by atoms with Crippen molar-refractivity contribution >= 4 is 20.2 Å². The Morgan fingerprint density at radius 3 is 0.778 bits per heavy atom. The van der Waals surface area contributed by atoms with Crippen LogP contribution in [0.4, 0.5) is 0 Å². The molecular weight excluding hydrogens is 327 g/mol. The van der Waals surface area contributed by atoms with E-state index in [4.69, 9.17) is 47.7 Å². The van der Waals surface area contributed by atoms with Gasteiger partial charge in [-0.15, -0.1) is 0 Å². The van der Waals surface area contributed by atoms with E-state index in [9.17, 15) is 0 Å². The van der Waals surface area contributed by atoms with Crippen LogP contribution in [0.5, 0.6) is 0 Å². The van der Waals surface area contributed by atoms with Crippen molar-refractivity contribution in [2.24, 2.45) is 0 Å². The van der Waals surface area contributed by atoms with E-state index in [1.54, 1.807) is 0 Å². The minimum absolute atomic E-state index is 0. The number of rotatable bonds is 3. The molecule has 0 amide bonds. The predicted molar refractivity (Wildman–Crippen MR) is 75.9 cm³/mol. The van der Waals surface area contributed by atoms with Crippen LogP contribution in [0, 0.1) is 0 Å². The molecule has 12 heteroatoms. The van der Waals surface area contributed by atoms with Gasteiger partial charge in [0.05, 0.1) is 0 Å². The van der Waals surface area contributed by atoms with Crippen LogP contribution in [-0.2, 0) is 36.7 Å². The van der Waals surface area contributed by atoms with Crippen LogP contribution in [0.25, 0.3) is 34.4 Å². The molecule has 0 heterocycles. The van der Waals surface area contributed by atoms with Gasteiger partial charge in [0, 0.05) is 11.2 Å². The van der Waals surface area contributed by atoms with Gasteiger partial charge in [0.1, 0.15) is 0 Å². The Morgan fingerprint density at radius 2 is 0.778 bits per heavy atom. The van der Waals surface area contributed by atoms with Crippen molar-refractivity contribution in [1.29, 1.82) is 0 Å². The van der Waals surface area contributed by atoms with Crippen molar-refractivity contribution in [3.63, 3.8) is 0 Å². The summed E-state index contributed by atoms with van der Waals surface area (Å²) in [7, 11) is -3.83. The minimum Gasteiger partial charge on any atom is -0.679 e. The fourth-order valence-corrected chi connectivity index (χ4v) is 0. The Balaban J connectivity index is -0.0000000412. The van der Waals surface area contributed by atoms with Crippen LogP contribution in [0.2, 0.25) is 0 Å². The molecule has 0 aliphatic rings. The maximum Gasteiger partial charge on any atom is 2.00 e. The van der Waals surface area contributed by atoms with E-state index in [0.29, 0.717) is 0 Å². The van der Waals surface area contributed by atoms with Crippen molar-refractivity contribution < 1.29 is 29.8 Å². The molecule has 0 aromatic rings. The zero-order valence-electron chi connectivity index (χ0n) is 9.68. The second-order valence-corrected chi connectivity index (χ2v) is 4.15. The molecule has 0 bridgehead atoms. The molecule has 0 fully saturated rings. The smallest absolute Gasteiger partial charge is 0.679 e. The summed E-state index contributed by atoms with van der Waals surface area (Å²) in [4.78, 5) is 0. The van der Waals surface area contributed by atoms with Gasteiger partial charge in [0.25, 0.3) is 9.05 Å². The molecule has 0 saturated heterocycles.